The minimum Gasteiger partial charge on any atom is -0.373 e. The summed E-state index contributed by atoms with van der Waals surface area (Å²) in [6.07, 6.45) is 1.87. The first-order chi connectivity index (χ1) is 6.18. The maximum atomic E-state index is 13.5. The van der Waals surface area contributed by atoms with Crippen LogP contribution in [0.3, 0.4) is 0 Å². The molecule has 0 saturated heterocycles. The van der Waals surface area contributed by atoms with Crippen molar-refractivity contribution in [1.29, 1.82) is 0 Å². The highest BCUT2D eigenvalue weighted by Gasteiger charge is 2.46. The lowest BCUT2D eigenvalue weighted by Gasteiger charge is -2.14. The average Bonchev–Trinajstić information content (AvgIpc) is 2.85. The minimum absolute atomic E-state index is 0.139. The number of hydrogen-bond donors (Lipinski definition) is 0. The quantitative estimate of drug-likeness (QED) is 0.680. The number of benzene rings is 1. The van der Waals surface area contributed by atoms with E-state index >= 15 is 0 Å². The van der Waals surface area contributed by atoms with Crippen molar-refractivity contribution in [3.05, 3.63) is 35.1 Å². The molecule has 0 aromatic heterocycles. The number of aryl methyl sites for hydroxylation is 1. The molecule has 0 radical (unpaired) electrons. The zero-order valence-electron chi connectivity index (χ0n) is 7.93. The van der Waals surface area contributed by atoms with Crippen LogP contribution in [0.25, 0.3) is 0 Å². The average molecular weight is 180 g/mol. The van der Waals surface area contributed by atoms with Crippen LogP contribution in [-0.2, 0) is 10.3 Å². The summed E-state index contributed by atoms with van der Waals surface area (Å²) in [4.78, 5) is 0. The van der Waals surface area contributed by atoms with E-state index in [2.05, 4.69) is 0 Å². The molecule has 1 aromatic carbocycles. The van der Waals surface area contributed by atoms with Crippen LogP contribution in [0.1, 0.15) is 24.0 Å². The number of rotatable bonds is 2. The molecule has 1 fully saturated rings. The minimum atomic E-state index is -0.308. The molecule has 0 bridgehead atoms. The molecule has 70 valence electrons. The van der Waals surface area contributed by atoms with Crippen molar-refractivity contribution in [1.82, 2.24) is 0 Å². The van der Waals surface area contributed by atoms with E-state index in [0.717, 1.165) is 18.4 Å². The molecule has 0 atom stereocenters. The van der Waals surface area contributed by atoms with Crippen LogP contribution in [0.15, 0.2) is 18.2 Å². The van der Waals surface area contributed by atoms with Crippen molar-refractivity contribution >= 4 is 0 Å². The van der Waals surface area contributed by atoms with Crippen LogP contribution < -0.4 is 0 Å². The molecule has 1 nitrogen and oxygen atoms in total. The van der Waals surface area contributed by atoms with Gasteiger partial charge in [0.15, 0.2) is 0 Å². The standard InChI is InChI=1S/C11H13FO/c1-8-3-4-9(10(12)7-8)11(13-2)5-6-11/h3-4,7H,5-6H2,1-2H3. The number of ether oxygens (including phenoxy) is 1. The first-order valence-corrected chi connectivity index (χ1v) is 4.50. The van der Waals surface area contributed by atoms with Crippen LogP contribution in [0.5, 0.6) is 0 Å². The van der Waals surface area contributed by atoms with Gasteiger partial charge in [-0.05, 0) is 31.4 Å². The van der Waals surface area contributed by atoms with Gasteiger partial charge < -0.3 is 4.74 Å². The second-order valence-electron chi connectivity index (χ2n) is 3.68. The Kier molecular flexibility index (Phi) is 1.88. The van der Waals surface area contributed by atoms with Crippen molar-refractivity contribution in [2.24, 2.45) is 0 Å². The highest BCUT2D eigenvalue weighted by atomic mass is 19.1. The lowest BCUT2D eigenvalue weighted by Crippen LogP contribution is -2.11. The van der Waals surface area contributed by atoms with Crippen LogP contribution in [-0.4, -0.2) is 7.11 Å². The highest BCUT2D eigenvalue weighted by molar-refractivity contribution is 5.32. The third kappa shape index (κ3) is 1.35. The van der Waals surface area contributed by atoms with Gasteiger partial charge in [-0.3, -0.25) is 0 Å². The Hall–Kier alpha value is -0.890. The monoisotopic (exact) mass is 180 g/mol. The van der Waals surface area contributed by atoms with E-state index in [1.54, 1.807) is 13.2 Å². The molecule has 2 rings (SSSR count). The summed E-state index contributed by atoms with van der Waals surface area (Å²) in [5.41, 5.74) is 1.35. The summed E-state index contributed by atoms with van der Waals surface area (Å²) in [5, 5.41) is 0. The molecule has 0 N–H and O–H groups in total. The molecule has 0 aliphatic heterocycles. The summed E-state index contributed by atoms with van der Waals surface area (Å²) >= 11 is 0. The molecule has 13 heavy (non-hydrogen) atoms. The van der Waals surface area contributed by atoms with Crippen LogP contribution in [0.2, 0.25) is 0 Å². The van der Waals surface area contributed by atoms with E-state index in [0.29, 0.717) is 5.56 Å². The van der Waals surface area contributed by atoms with Crippen molar-refractivity contribution in [3.8, 4) is 0 Å². The molecule has 0 unspecified atom stereocenters. The molecule has 0 heterocycles. The molecule has 0 spiro atoms. The van der Waals surface area contributed by atoms with Gasteiger partial charge in [-0.25, -0.2) is 4.39 Å². The van der Waals surface area contributed by atoms with Crippen LogP contribution in [0.4, 0.5) is 4.39 Å². The lowest BCUT2D eigenvalue weighted by molar-refractivity contribution is 0.0757. The first-order valence-electron chi connectivity index (χ1n) is 4.50. The van der Waals surface area contributed by atoms with Crippen LogP contribution >= 0.6 is 0 Å². The van der Waals surface area contributed by atoms with Gasteiger partial charge >= 0.3 is 0 Å². The zero-order chi connectivity index (χ0) is 9.47. The summed E-state index contributed by atoms with van der Waals surface area (Å²) in [7, 11) is 1.65. The Morgan fingerprint density at radius 1 is 1.38 bits per heavy atom. The van der Waals surface area contributed by atoms with E-state index in [-0.39, 0.29) is 11.4 Å². The Balaban J connectivity index is 2.41. The van der Waals surface area contributed by atoms with E-state index in [4.69, 9.17) is 4.74 Å². The van der Waals surface area contributed by atoms with Gasteiger partial charge in [-0.2, -0.15) is 0 Å². The second-order valence-corrected chi connectivity index (χ2v) is 3.68. The van der Waals surface area contributed by atoms with Crippen molar-refractivity contribution < 1.29 is 9.13 Å². The highest BCUT2D eigenvalue weighted by Crippen LogP contribution is 2.49. The zero-order valence-corrected chi connectivity index (χ0v) is 7.93. The molecule has 1 aromatic rings. The van der Waals surface area contributed by atoms with Gasteiger partial charge in [0.2, 0.25) is 0 Å². The van der Waals surface area contributed by atoms with Crippen molar-refractivity contribution in [2.75, 3.05) is 7.11 Å². The van der Waals surface area contributed by atoms with E-state index in [9.17, 15) is 4.39 Å². The molecule has 0 amide bonds. The summed E-state index contributed by atoms with van der Waals surface area (Å²) in [6, 6.07) is 5.33. The largest absolute Gasteiger partial charge is 0.373 e. The van der Waals surface area contributed by atoms with E-state index in [1.807, 2.05) is 19.1 Å². The van der Waals surface area contributed by atoms with Crippen LogP contribution in [0, 0.1) is 12.7 Å². The molecule has 1 aliphatic rings. The molecular weight excluding hydrogens is 167 g/mol. The summed E-state index contributed by atoms with van der Waals surface area (Å²) in [6.45, 7) is 1.89. The van der Waals surface area contributed by atoms with Gasteiger partial charge in [-0.15, -0.1) is 0 Å². The SMILES string of the molecule is COC1(c2ccc(C)cc2F)CC1. The normalized spacial score (nSPS) is 18.7. The topological polar surface area (TPSA) is 9.23 Å². The first kappa shape index (κ1) is 8.70. The van der Waals surface area contributed by atoms with Gasteiger partial charge in [0, 0.05) is 12.7 Å². The third-order valence-electron chi connectivity index (χ3n) is 2.71. The second kappa shape index (κ2) is 2.81. The van der Waals surface area contributed by atoms with Crippen molar-refractivity contribution in [2.45, 2.75) is 25.4 Å². The van der Waals surface area contributed by atoms with Crippen molar-refractivity contribution in [3.63, 3.8) is 0 Å². The van der Waals surface area contributed by atoms with E-state index in [1.165, 1.54) is 0 Å². The lowest BCUT2D eigenvalue weighted by atomic mass is 10.1. The predicted molar refractivity (Wildman–Crippen MR) is 49.1 cm³/mol. The Morgan fingerprint density at radius 2 is 2.08 bits per heavy atom. The van der Waals surface area contributed by atoms with Gasteiger partial charge in [0.1, 0.15) is 5.82 Å². The Morgan fingerprint density at radius 3 is 2.54 bits per heavy atom. The van der Waals surface area contributed by atoms with Gasteiger partial charge in [0.25, 0.3) is 0 Å². The maximum Gasteiger partial charge on any atom is 0.129 e. The molecule has 1 saturated carbocycles. The smallest absolute Gasteiger partial charge is 0.129 e. The number of methoxy groups -OCH3 is 1. The molecular formula is C11H13FO. The third-order valence-corrected chi connectivity index (χ3v) is 2.71. The van der Waals surface area contributed by atoms with Gasteiger partial charge in [0.05, 0.1) is 5.60 Å². The predicted octanol–water partition coefficient (Wildman–Crippen LogP) is 2.77. The number of halogens is 1. The summed E-state index contributed by atoms with van der Waals surface area (Å²) < 4.78 is 18.8. The van der Waals surface area contributed by atoms with Gasteiger partial charge in [-0.1, -0.05) is 12.1 Å². The fourth-order valence-corrected chi connectivity index (χ4v) is 1.69. The Bertz CT molecular complexity index is 329. The molecule has 1 aliphatic carbocycles. The summed E-state index contributed by atoms with van der Waals surface area (Å²) in [5.74, 6) is -0.139. The fraction of sp³-hybridized carbons (Fsp3) is 0.455. The maximum absolute atomic E-state index is 13.5. The number of hydrogen-bond acceptors (Lipinski definition) is 1. The fourth-order valence-electron chi connectivity index (χ4n) is 1.69. The molecule has 2 heteroatoms. The van der Waals surface area contributed by atoms with E-state index < -0.39 is 0 Å². The Labute approximate surface area is 77.5 Å².